The Morgan fingerprint density at radius 1 is 1.05 bits per heavy atom. The number of hydrogen-bond acceptors (Lipinski definition) is 3. The molecule has 6 heteroatoms. The Labute approximate surface area is 113 Å². The fraction of sp³-hybridized carbons (Fsp3) is 0.769. The molecule has 3 N–H and O–H groups in total. The molecule has 0 saturated carbocycles. The first-order valence-electron chi connectivity index (χ1n) is 6.45. The summed E-state index contributed by atoms with van der Waals surface area (Å²) in [5.74, 6) is -1.85. The van der Waals surface area contributed by atoms with Crippen molar-refractivity contribution in [3.05, 3.63) is 0 Å². The highest BCUT2D eigenvalue weighted by atomic mass is 16.4. The Kier molecular flexibility index (Phi) is 7.11. The largest absolute Gasteiger partial charge is 0.480 e. The normalized spacial score (nSPS) is 14.1. The molecule has 0 saturated heterocycles. The number of carboxylic acid groups (broad SMARTS) is 1. The second kappa shape index (κ2) is 7.76. The molecule has 2 amide bonds. The van der Waals surface area contributed by atoms with Crippen LogP contribution >= 0.6 is 0 Å². The third-order valence-electron chi connectivity index (χ3n) is 2.63. The second-order valence-corrected chi connectivity index (χ2v) is 5.45. The highest BCUT2D eigenvalue weighted by Gasteiger charge is 2.28. The lowest BCUT2D eigenvalue weighted by Gasteiger charge is -2.23. The minimum Gasteiger partial charge on any atom is -0.480 e. The van der Waals surface area contributed by atoms with Gasteiger partial charge in [-0.2, -0.15) is 0 Å². The molecule has 19 heavy (non-hydrogen) atoms. The van der Waals surface area contributed by atoms with E-state index in [2.05, 4.69) is 10.6 Å². The molecule has 0 heterocycles. The van der Waals surface area contributed by atoms with E-state index in [0.717, 1.165) is 0 Å². The number of hydrogen-bond donors (Lipinski definition) is 3. The second-order valence-electron chi connectivity index (χ2n) is 5.45. The predicted octanol–water partition coefficient (Wildman–Crippen LogP) is 0.763. The quantitative estimate of drug-likeness (QED) is 0.637. The molecule has 0 aromatic carbocycles. The van der Waals surface area contributed by atoms with Crippen molar-refractivity contribution in [1.29, 1.82) is 0 Å². The van der Waals surface area contributed by atoms with E-state index >= 15 is 0 Å². The smallest absolute Gasteiger partial charge is 0.326 e. The van der Waals surface area contributed by atoms with Crippen molar-refractivity contribution in [2.24, 2.45) is 11.8 Å². The molecule has 0 aliphatic heterocycles. The van der Waals surface area contributed by atoms with Gasteiger partial charge in [-0.25, -0.2) is 4.79 Å². The molecule has 0 unspecified atom stereocenters. The van der Waals surface area contributed by atoms with E-state index in [1.807, 2.05) is 13.8 Å². The first-order valence-corrected chi connectivity index (χ1v) is 6.45. The van der Waals surface area contributed by atoms with Crippen LogP contribution in [0.5, 0.6) is 0 Å². The van der Waals surface area contributed by atoms with Gasteiger partial charge in [-0.05, 0) is 18.3 Å². The first kappa shape index (κ1) is 17.4. The van der Waals surface area contributed by atoms with Crippen molar-refractivity contribution in [2.45, 2.75) is 53.1 Å². The summed E-state index contributed by atoms with van der Waals surface area (Å²) >= 11 is 0. The summed E-state index contributed by atoms with van der Waals surface area (Å²) in [6.07, 6.45) is 0.468. The van der Waals surface area contributed by atoms with E-state index in [0.29, 0.717) is 6.42 Å². The van der Waals surface area contributed by atoms with Gasteiger partial charge in [0.15, 0.2) is 0 Å². The van der Waals surface area contributed by atoms with Crippen LogP contribution in [-0.4, -0.2) is 35.0 Å². The zero-order chi connectivity index (χ0) is 15.2. The number of aliphatic carboxylic acids is 1. The highest BCUT2D eigenvalue weighted by Crippen LogP contribution is 2.07. The minimum atomic E-state index is -1.07. The van der Waals surface area contributed by atoms with E-state index in [9.17, 15) is 14.4 Å². The van der Waals surface area contributed by atoms with Crippen LogP contribution in [0.15, 0.2) is 0 Å². The Bertz CT molecular complexity index is 340. The molecule has 0 aliphatic rings. The lowest BCUT2D eigenvalue weighted by molar-refractivity contribution is -0.143. The zero-order valence-corrected chi connectivity index (χ0v) is 12.2. The van der Waals surface area contributed by atoms with Gasteiger partial charge in [0.2, 0.25) is 11.8 Å². The van der Waals surface area contributed by atoms with Crippen LogP contribution in [0.1, 0.15) is 41.0 Å². The van der Waals surface area contributed by atoms with Gasteiger partial charge in [-0.1, -0.05) is 27.7 Å². The molecule has 0 radical (unpaired) electrons. The van der Waals surface area contributed by atoms with Gasteiger partial charge in [0.1, 0.15) is 12.1 Å². The molecule has 0 aliphatic carbocycles. The monoisotopic (exact) mass is 272 g/mol. The van der Waals surface area contributed by atoms with Gasteiger partial charge < -0.3 is 15.7 Å². The van der Waals surface area contributed by atoms with Crippen molar-refractivity contribution in [3.8, 4) is 0 Å². The van der Waals surface area contributed by atoms with Crippen molar-refractivity contribution < 1.29 is 19.5 Å². The molecule has 2 atom stereocenters. The Morgan fingerprint density at radius 2 is 1.58 bits per heavy atom. The van der Waals surface area contributed by atoms with E-state index in [1.54, 1.807) is 13.8 Å². The number of carbonyl (C=O) groups is 3. The maximum atomic E-state index is 12.0. The van der Waals surface area contributed by atoms with Crippen LogP contribution in [0.4, 0.5) is 0 Å². The minimum absolute atomic E-state index is 0.213. The zero-order valence-electron chi connectivity index (χ0n) is 12.2. The number of nitrogens with one attached hydrogen (secondary N) is 2. The predicted molar refractivity (Wildman–Crippen MR) is 71.5 cm³/mol. The van der Waals surface area contributed by atoms with Crippen molar-refractivity contribution in [3.63, 3.8) is 0 Å². The fourth-order valence-corrected chi connectivity index (χ4v) is 1.72. The van der Waals surface area contributed by atoms with E-state index in [4.69, 9.17) is 5.11 Å². The summed E-state index contributed by atoms with van der Waals surface area (Å²) in [5, 5.41) is 14.1. The number of rotatable bonds is 7. The number of carbonyl (C=O) groups excluding carboxylic acids is 2. The van der Waals surface area contributed by atoms with Crippen LogP contribution < -0.4 is 10.6 Å². The summed E-state index contributed by atoms with van der Waals surface area (Å²) in [6.45, 7) is 8.63. The summed E-state index contributed by atoms with van der Waals surface area (Å²) in [7, 11) is 0. The molecular formula is C13H24N2O4. The van der Waals surface area contributed by atoms with Crippen LogP contribution in [0.2, 0.25) is 0 Å². The van der Waals surface area contributed by atoms with Gasteiger partial charge in [0.05, 0.1) is 0 Å². The number of carboxylic acids is 1. The molecule has 0 fully saturated rings. The average Bonchev–Trinajstić information content (AvgIpc) is 2.22. The third-order valence-corrected chi connectivity index (χ3v) is 2.63. The molecule has 0 bridgehead atoms. The van der Waals surface area contributed by atoms with Crippen LogP contribution in [-0.2, 0) is 14.4 Å². The lowest BCUT2D eigenvalue weighted by atomic mass is 10.0. The van der Waals surface area contributed by atoms with Crippen molar-refractivity contribution >= 4 is 17.8 Å². The maximum absolute atomic E-state index is 12.0. The standard InChI is InChI=1S/C13H24N2O4/c1-7(2)6-10(14-9(5)16)12(17)15-11(8(3)4)13(18)19/h7-8,10-11H,6H2,1-5H3,(H,14,16)(H,15,17)(H,18,19)/t10-,11+/m1/s1. The van der Waals surface area contributed by atoms with Crippen molar-refractivity contribution in [2.75, 3.05) is 0 Å². The molecule has 0 rings (SSSR count). The van der Waals surface area contributed by atoms with Crippen molar-refractivity contribution in [1.82, 2.24) is 10.6 Å². The number of amides is 2. The topological polar surface area (TPSA) is 95.5 Å². The van der Waals surface area contributed by atoms with E-state index < -0.39 is 24.0 Å². The Hall–Kier alpha value is -1.59. The van der Waals surface area contributed by atoms with Gasteiger partial charge in [-0.3, -0.25) is 9.59 Å². The van der Waals surface area contributed by atoms with Gasteiger partial charge in [0.25, 0.3) is 0 Å². The third kappa shape index (κ3) is 6.79. The molecule has 6 nitrogen and oxygen atoms in total. The summed E-state index contributed by atoms with van der Waals surface area (Å²) < 4.78 is 0. The Balaban J connectivity index is 4.78. The fourth-order valence-electron chi connectivity index (χ4n) is 1.72. The molecule has 110 valence electrons. The summed E-state index contributed by atoms with van der Waals surface area (Å²) in [6, 6.07) is -1.64. The summed E-state index contributed by atoms with van der Waals surface area (Å²) in [4.78, 5) is 34.2. The van der Waals surface area contributed by atoms with Crippen LogP contribution in [0, 0.1) is 11.8 Å². The molecular weight excluding hydrogens is 248 g/mol. The maximum Gasteiger partial charge on any atom is 0.326 e. The Morgan fingerprint density at radius 3 is 1.89 bits per heavy atom. The molecule has 0 aromatic rings. The van der Waals surface area contributed by atoms with Gasteiger partial charge >= 0.3 is 5.97 Å². The first-order chi connectivity index (χ1) is 8.65. The van der Waals surface area contributed by atoms with Crippen LogP contribution in [0.3, 0.4) is 0 Å². The average molecular weight is 272 g/mol. The van der Waals surface area contributed by atoms with Crippen LogP contribution in [0.25, 0.3) is 0 Å². The van der Waals surface area contributed by atoms with E-state index in [1.165, 1.54) is 6.92 Å². The van der Waals surface area contributed by atoms with E-state index in [-0.39, 0.29) is 17.7 Å². The highest BCUT2D eigenvalue weighted by molar-refractivity contribution is 5.90. The summed E-state index contributed by atoms with van der Waals surface area (Å²) in [5.41, 5.74) is 0. The molecule has 0 aromatic heterocycles. The van der Waals surface area contributed by atoms with Gasteiger partial charge in [-0.15, -0.1) is 0 Å². The SMILES string of the molecule is CC(=O)N[C@H](CC(C)C)C(=O)N[C@H](C(=O)O)C(C)C. The van der Waals surface area contributed by atoms with Gasteiger partial charge in [0, 0.05) is 6.92 Å². The molecule has 0 spiro atoms. The lowest BCUT2D eigenvalue weighted by Crippen LogP contribution is -2.53.